The molecule has 0 spiro atoms. The number of hydrogen-bond acceptors (Lipinski definition) is 7. The van der Waals surface area contributed by atoms with Gasteiger partial charge in [-0.05, 0) is 69.3 Å². The Hall–Kier alpha value is -3.20. The zero-order valence-corrected chi connectivity index (χ0v) is 20.5. The molecular weight excluding hydrogens is 446 g/mol. The van der Waals surface area contributed by atoms with Crippen LogP contribution < -0.4 is 20.1 Å². The van der Waals surface area contributed by atoms with Gasteiger partial charge in [-0.15, -0.1) is 0 Å². The number of ether oxygens (including phenoxy) is 2. The largest absolute Gasteiger partial charge is 0.493 e. The second-order valence-electron chi connectivity index (χ2n) is 9.27. The minimum absolute atomic E-state index is 0.441. The van der Waals surface area contributed by atoms with Crippen LogP contribution in [-0.4, -0.2) is 79.0 Å². The van der Waals surface area contributed by atoms with Crippen LogP contribution in [0.5, 0.6) is 11.5 Å². The molecule has 9 heteroatoms. The third-order valence-electron chi connectivity index (χ3n) is 6.74. The van der Waals surface area contributed by atoms with Crippen LogP contribution in [0.2, 0.25) is 0 Å². The normalized spacial score (nSPS) is 16.8. The molecule has 2 aromatic rings. The molecule has 0 aliphatic carbocycles. The van der Waals surface area contributed by atoms with Gasteiger partial charge < -0.3 is 35.0 Å². The zero-order chi connectivity index (χ0) is 24.5. The highest BCUT2D eigenvalue weighted by Crippen LogP contribution is 2.32. The molecule has 9 nitrogen and oxygen atoms in total. The average molecular weight is 484 g/mol. The summed E-state index contributed by atoms with van der Waals surface area (Å²) in [6.07, 6.45) is 6.29. The second-order valence-corrected chi connectivity index (χ2v) is 9.27. The average Bonchev–Trinajstić information content (AvgIpc) is 3.40. The molecule has 1 amide bonds. The van der Waals surface area contributed by atoms with Crippen molar-refractivity contribution in [2.24, 2.45) is 5.92 Å². The van der Waals surface area contributed by atoms with E-state index in [9.17, 15) is 4.79 Å². The number of piperidine rings is 1. The first-order valence-corrected chi connectivity index (χ1v) is 12.6. The lowest BCUT2D eigenvalue weighted by molar-refractivity contribution is 0.126. The zero-order valence-electron chi connectivity index (χ0n) is 20.5. The summed E-state index contributed by atoms with van der Waals surface area (Å²) in [6.45, 7) is 6.11. The van der Waals surface area contributed by atoms with Gasteiger partial charge in [0.05, 0.1) is 13.7 Å². The van der Waals surface area contributed by atoms with Gasteiger partial charge >= 0.3 is 6.09 Å². The van der Waals surface area contributed by atoms with E-state index in [-0.39, 0.29) is 0 Å². The van der Waals surface area contributed by atoms with Crippen LogP contribution in [0, 0.1) is 5.92 Å². The first-order valence-electron chi connectivity index (χ1n) is 12.6. The highest BCUT2D eigenvalue weighted by Gasteiger charge is 2.22. The standard InChI is InChI=1S/C26H37N5O4/c1-34-23-6-5-21(17-24(23)35-16-4-13-30-11-2-3-12-30)29-22-7-10-27-25(18-22)28-19-20-8-14-31(15-9-20)26(32)33/h5-7,10,17-18,20H,2-4,8-9,11-16,19H2,1H3,(H,32,33)(H2,27,28,29). The van der Waals surface area contributed by atoms with Crippen LogP contribution >= 0.6 is 0 Å². The van der Waals surface area contributed by atoms with Crippen LogP contribution in [-0.2, 0) is 0 Å². The van der Waals surface area contributed by atoms with E-state index >= 15 is 0 Å². The van der Waals surface area contributed by atoms with Crippen molar-refractivity contribution in [3.63, 3.8) is 0 Å². The maximum Gasteiger partial charge on any atom is 0.407 e. The number of benzene rings is 1. The van der Waals surface area contributed by atoms with E-state index in [0.717, 1.165) is 61.0 Å². The fourth-order valence-electron chi connectivity index (χ4n) is 4.69. The molecule has 4 rings (SSSR count). The number of rotatable bonds is 11. The monoisotopic (exact) mass is 483 g/mol. The third-order valence-corrected chi connectivity index (χ3v) is 6.74. The summed E-state index contributed by atoms with van der Waals surface area (Å²) in [6, 6.07) is 9.77. The first kappa shape index (κ1) is 24.9. The van der Waals surface area contributed by atoms with E-state index in [2.05, 4.69) is 20.5 Å². The number of carboxylic acid groups (broad SMARTS) is 1. The molecule has 2 saturated heterocycles. The van der Waals surface area contributed by atoms with E-state index in [1.54, 1.807) is 13.3 Å². The summed E-state index contributed by atoms with van der Waals surface area (Å²) in [5.41, 5.74) is 1.84. The predicted molar refractivity (Wildman–Crippen MR) is 137 cm³/mol. The molecule has 0 atom stereocenters. The van der Waals surface area contributed by atoms with Gasteiger partial charge in [-0.25, -0.2) is 9.78 Å². The van der Waals surface area contributed by atoms with Gasteiger partial charge in [0.15, 0.2) is 11.5 Å². The van der Waals surface area contributed by atoms with Gasteiger partial charge in [0.1, 0.15) is 5.82 Å². The van der Waals surface area contributed by atoms with Crippen molar-refractivity contribution in [2.45, 2.75) is 32.1 Å². The van der Waals surface area contributed by atoms with E-state index < -0.39 is 6.09 Å². The molecule has 0 unspecified atom stereocenters. The molecular formula is C26H37N5O4. The molecule has 0 saturated carbocycles. The molecule has 0 bridgehead atoms. The molecule has 2 aliphatic heterocycles. The summed E-state index contributed by atoms with van der Waals surface area (Å²) in [5, 5.41) is 15.9. The highest BCUT2D eigenvalue weighted by molar-refractivity contribution is 5.66. The molecule has 3 N–H and O–H groups in total. The van der Waals surface area contributed by atoms with Crippen LogP contribution in [0.25, 0.3) is 0 Å². The first-order chi connectivity index (χ1) is 17.1. The second kappa shape index (κ2) is 12.5. The minimum atomic E-state index is -0.828. The van der Waals surface area contributed by atoms with Crippen molar-refractivity contribution in [3.8, 4) is 11.5 Å². The Labute approximate surface area is 207 Å². The maximum atomic E-state index is 11.1. The Morgan fingerprint density at radius 3 is 2.60 bits per heavy atom. The quantitative estimate of drug-likeness (QED) is 0.402. The maximum absolute atomic E-state index is 11.1. The van der Waals surface area contributed by atoms with Gasteiger partial charge in [-0.1, -0.05) is 0 Å². The number of amides is 1. The van der Waals surface area contributed by atoms with Crippen molar-refractivity contribution < 1.29 is 19.4 Å². The van der Waals surface area contributed by atoms with Crippen molar-refractivity contribution in [1.82, 2.24) is 14.8 Å². The number of likely N-dealkylation sites (tertiary alicyclic amines) is 2. The lowest BCUT2D eigenvalue weighted by Gasteiger charge is -2.30. The van der Waals surface area contributed by atoms with Gasteiger partial charge in [0.2, 0.25) is 0 Å². The van der Waals surface area contributed by atoms with Crippen LogP contribution in [0.4, 0.5) is 22.0 Å². The van der Waals surface area contributed by atoms with E-state index in [1.165, 1.54) is 30.8 Å². The van der Waals surface area contributed by atoms with E-state index in [4.69, 9.17) is 14.6 Å². The fraction of sp³-hybridized carbons (Fsp3) is 0.538. The summed E-state index contributed by atoms with van der Waals surface area (Å²) in [7, 11) is 1.66. The van der Waals surface area contributed by atoms with Crippen LogP contribution in [0.3, 0.4) is 0 Å². The van der Waals surface area contributed by atoms with Crippen molar-refractivity contribution in [2.75, 3.05) is 63.6 Å². The molecule has 1 aromatic heterocycles. The smallest absolute Gasteiger partial charge is 0.407 e. The number of anilines is 3. The number of pyridine rings is 1. The third kappa shape index (κ3) is 7.39. The molecule has 2 fully saturated rings. The summed E-state index contributed by atoms with van der Waals surface area (Å²) >= 11 is 0. The predicted octanol–water partition coefficient (Wildman–Crippen LogP) is 4.50. The topological polar surface area (TPSA) is 99.2 Å². The molecule has 2 aliphatic rings. The molecule has 3 heterocycles. The molecule has 190 valence electrons. The lowest BCUT2D eigenvalue weighted by atomic mass is 9.97. The van der Waals surface area contributed by atoms with Crippen LogP contribution in [0.1, 0.15) is 32.1 Å². The van der Waals surface area contributed by atoms with Gasteiger partial charge in [-0.2, -0.15) is 0 Å². The van der Waals surface area contributed by atoms with Crippen molar-refractivity contribution in [1.29, 1.82) is 0 Å². The fourth-order valence-corrected chi connectivity index (χ4v) is 4.69. The number of methoxy groups -OCH3 is 1. The summed E-state index contributed by atoms with van der Waals surface area (Å²) in [4.78, 5) is 19.5. The van der Waals surface area contributed by atoms with Gasteiger partial charge in [0, 0.05) is 55.9 Å². The number of hydrogen-bond donors (Lipinski definition) is 3. The minimum Gasteiger partial charge on any atom is -0.493 e. The Balaban J connectivity index is 1.28. The number of carbonyl (C=O) groups is 1. The van der Waals surface area contributed by atoms with Gasteiger partial charge in [-0.3, -0.25) is 0 Å². The van der Waals surface area contributed by atoms with Crippen molar-refractivity contribution >= 4 is 23.3 Å². The number of aromatic nitrogens is 1. The van der Waals surface area contributed by atoms with E-state index in [1.807, 2.05) is 30.3 Å². The molecule has 0 radical (unpaired) electrons. The Bertz CT molecular complexity index is 959. The van der Waals surface area contributed by atoms with Gasteiger partial charge in [0.25, 0.3) is 0 Å². The number of nitrogens with one attached hydrogen (secondary N) is 2. The summed E-state index contributed by atoms with van der Waals surface area (Å²) in [5.74, 6) is 2.69. The summed E-state index contributed by atoms with van der Waals surface area (Å²) < 4.78 is 11.6. The number of nitrogens with zero attached hydrogens (tertiary/aromatic N) is 3. The molecule has 1 aromatic carbocycles. The van der Waals surface area contributed by atoms with Crippen LogP contribution in [0.15, 0.2) is 36.5 Å². The van der Waals surface area contributed by atoms with Crippen molar-refractivity contribution in [3.05, 3.63) is 36.5 Å². The Morgan fingerprint density at radius 1 is 1.09 bits per heavy atom. The van der Waals surface area contributed by atoms with E-state index in [0.29, 0.717) is 25.6 Å². The lowest BCUT2D eigenvalue weighted by Crippen LogP contribution is -2.39. The molecule has 35 heavy (non-hydrogen) atoms. The Kier molecular flexibility index (Phi) is 8.89. The SMILES string of the molecule is COc1ccc(Nc2ccnc(NCC3CCN(C(=O)O)CC3)c2)cc1OCCCN1CCCC1. The Morgan fingerprint density at radius 2 is 1.86 bits per heavy atom. The highest BCUT2D eigenvalue weighted by atomic mass is 16.5.